The van der Waals surface area contributed by atoms with Gasteiger partial charge in [0.25, 0.3) is 0 Å². The van der Waals surface area contributed by atoms with Crippen LogP contribution in [0, 0.1) is 0 Å². The topological polar surface area (TPSA) is 104 Å². The summed E-state index contributed by atoms with van der Waals surface area (Å²) in [4.78, 5) is 13.2. The third kappa shape index (κ3) is 5.08. The molecular formula is C21H22ClN3O4S. The lowest BCUT2D eigenvalue weighted by Crippen LogP contribution is -2.24. The molecule has 0 fully saturated rings. The molecule has 3 rings (SSSR count). The molecule has 30 heavy (non-hydrogen) atoms. The number of benzene rings is 2. The van der Waals surface area contributed by atoms with E-state index in [0.29, 0.717) is 28.4 Å². The van der Waals surface area contributed by atoms with Gasteiger partial charge in [0.05, 0.1) is 23.4 Å². The van der Waals surface area contributed by atoms with Crippen molar-refractivity contribution in [2.24, 2.45) is 5.14 Å². The van der Waals surface area contributed by atoms with Crippen LogP contribution in [0.5, 0.6) is 5.75 Å². The highest BCUT2D eigenvalue weighted by molar-refractivity contribution is 7.89. The number of primary sulfonamides is 1. The number of rotatable bonds is 8. The van der Waals surface area contributed by atoms with Crippen molar-refractivity contribution in [2.45, 2.75) is 31.1 Å². The zero-order valence-corrected chi connectivity index (χ0v) is 18.0. The minimum atomic E-state index is -3.81. The smallest absolute Gasteiger partial charge is 0.314 e. The second-order valence-corrected chi connectivity index (χ2v) is 8.71. The van der Waals surface area contributed by atoms with Gasteiger partial charge in [-0.1, -0.05) is 49.6 Å². The summed E-state index contributed by atoms with van der Waals surface area (Å²) in [5, 5.41) is 9.91. The fraction of sp³-hybridized carbons (Fsp3) is 0.238. The Kier molecular flexibility index (Phi) is 6.91. The molecule has 0 radical (unpaired) electrons. The number of sulfonamides is 1. The average Bonchev–Trinajstić information content (AvgIpc) is 2.71. The SMILES string of the molecule is CCCCCOc1c(-c2ccc(S(N)(=O)=O)cc2)cnn(-c2cccc(Cl)c2)c1=O. The summed E-state index contributed by atoms with van der Waals surface area (Å²) in [6, 6.07) is 12.7. The van der Waals surface area contributed by atoms with Crippen molar-refractivity contribution in [1.82, 2.24) is 9.78 Å². The van der Waals surface area contributed by atoms with Crippen LogP contribution in [0.25, 0.3) is 16.8 Å². The molecule has 0 unspecified atom stereocenters. The van der Waals surface area contributed by atoms with Crippen molar-refractivity contribution in [3.05, 3.63) is 70.1 Å². The molecule has 0 atom stereocenters. The first kappa shape index (κ1) is 22.0. The van der Waals surface area contributed by atoms with Gasteiger partial charge in [0.2, 0.25) is 10.0 Å². The Morgan fingerprint density at radius 3 is 2.50 bits per heavy atom. The number of nitrogens with two attached hydrogens (primary N) is 1. The fourth-order valence-corrected chi connectivity index (χ4v) is 3.63. The van der Waals surface area contributed by atoms with Crippen molar-refractivity contribution in [3.63, 3.8) is 0 Å². The lowest BCUT2D eigenvalue weighted by atomic mass is 10.1. The van der Waals surface area contributed by atoms with E-state index in [1.54, 1.807) is 36.4 Å². The molecule has 2 aromatic carbocycles. The molecule has 0 spiro atoms. The number of aromatic nitrogens is 2. The van der Waals surface area contributed by atoms with Crippen LogP contribution in [0.4, 0.5) is 0 Å². The molecule has 9 heteroatoms. The quantitative estimate of drug-likeness (QED) is 0.529. The van der Waals surface area contributed by atoms with Crippen LogP contribution in [0.1, 0.15) is 26.2 Å². The summed E-state index contributed by atoms with van der Waals surface area (Å²) in [5.74, 6) is 0.143. The molecule has 0 bridgehead atoms. The largest absolute Gasteiger partial charge is 0.487 e. The summed E-state index contributed by atoms with van der Waals surface area (Å²) >= 11 is 6.05. The van der Waals surface area contributed by atoms with E-state index in [2.05, 4.69) is 12.0 Å². The maximum atomic E-state index is 13.2. The Morgan fingerprint density at radius 1 is 1.13 bits per heavy atom. The van der Waals surface area contributed by atoms with Gasteiger partial charge in [-0.3, -0.25) is 4.79 Å². The van der Waals surface area contributed by atoms with Crippen LogP contribution in [0.15, 0.2) is 64.4 Å². The Hall–Kier alpha value is -2.68. The lowest BCUT2D eigenvalue weighted by molar-refractivity contribution is 0.301. The summed E-state index contributed by atoms with van der Waals surface area (Å²) in [7, 11) is -3.81. The normalized spacial score (nSPS) is 11.4. The molecular weight excluding hydrogens is 426 g/mol. The molecule has 0 saturated carbocycles. The number of hydrogen-bond acceptors (Lipinski definition) is 5. The van der Waals surface area contributed by atoms with Crippen molar-refractivity contribution >= 4 is 21.6 Å². The second-order valence-electron chi connectivity index (χ2n) is 6.71. The predicted octanol–water partition coefficient (Wildman–Crippen LogP) is 3.77. The van der Waals surface area contributed by atoms with Crippen LogP contribution in [0.2, 0.25) is 5.02 Å². The van der Waals surface area contributed by atoms with Gasteiger partial charge in [0.15, 0.2) is 5.75 Å². The Morgan fingerprint density at radius 2 is 1.87 bits per heavy atom. The highest BCUT2D eigenvalue weighted by Gasteiger charge is 2.17. The number of hydrogen-bond donors (Lipinski definition) is 1. The van der Waals surface area contributed by atoms with Gasteiger partial charge in [0.1, 0.15) is 0 Å². The molecule has 0 aliphatic heterocycles. The molecule has 158 valence electrons. The predicted molar refractivity (Wildman–Crippen MR) is 117 cm³/mol. The van der Waals surface area contributed by atoms with Crippen molar-refractivity contribution in [2.75, 3.05) is 6.61 Å². The van der Waals surface area contributed by atoms with Crippen LogP contribution in [0.3, 0.4) is 0 Å². The maximum absolute atomic E-state index is 13.2. The molecule has 3 aromatic rings. The van der Waals surface area contributed by atoms with E-state index >= 15 is 0 Å². The van der Waals surface area contributed by atoms with Crippen molar-refractivity contribution in [1.29, 1.82) is 0 Å². The van der Waals surface area contributed by atoms with E-state index in [9.17, 15) is 13.2 Å². The first-order chi connectivity index (χ1) is 14.3. The van der Waals surface area contributed by atoms with Gasteiger partial charge < -0.3 is 4.74 Å². The lowest BCUT2D eigenvalue weighted by Gasteiger charge is -2.14. The van der Waals surface area contributed by atoms with E-state index in [-0.39, 0.29) is 10.6 Å². The Labute approximate surface area is 180 Å². The molecule has 7 nitrogen and oxygen atoms in total. The summed E-state index contributed by atoms with van der Waals surface area (Å²) in [6.45, 7) is 2.46. The molecule has 0 saturated heterocycles. The second kappa shape index (κ2) is 9.42. The summed E-state index contributed by atoms with van der Waals surface area (Å²) in [6.07, 6.45) is 4.32. The van der Waals surface area contributed by atoms with Gasteiger partial charge in [-0.15, -0.1) is 0 Å². The minimum Gasteiger partial charge on any atom is -0.487 e. The van der Waals surface area contributed by atoms with E-state index in [1.165, 1.54) is 23.0 Å². The number of unbranched alkanes of at least 4 members (excludes halogenated alkanes) is 2. The van der Waals surface area contributed by atoms with Crippen molar-refractivity contribution < 1.29 is 13.2 Å². The maximum Gasteiger partial charge on any atom is 0.314 e. The van der Waals surface area contributed by atoms with Gasteiger partial charge in [-0.2, -0.15) is 9.78 Å². The molecule has 0 amide bonds. The molecule has 0 aliphatic carbocycles. The van der Waals surface area contributed by atoms with Gasteiger partial charge in [-0.25, -0.2) is 13.6 Å². The minimum absolute atomic E-state index is 0.0168. The Bertz CT molecular complexity index is 1190. The van der Waals surface area contributed by atoms with Crippen LogP contribution in [-0.4, -0.2) is 24.8 Å². The third-order valence-corrected chi connectivity index (χ3v) is 5.64. The van der Waals surface area contributed by atoms with E-state index < -0.39 is 15.6 Å². The standard InChI is InChI=1S/C21H22ClN3O4S/c1-2-3-4-12-29-20-19(15-8-10-18(11-9-15)30(23,27)28)14-24-25(21(20)26)17-7-5-6-16(22)13-17/h5-11,13-14H,2-4,12H2,1H3,(H2,23,27,28). The summed E-state index contributed by atoms with van der Waals surface area (Å²) < 4.78 is 30.1. The van der Waals surface area contributed by atoms with Gasteiger partial charge in [0, 0.05) is 10.6 Å². The van der Waals surface area contributed by atoms with E-state index in [4.69, 9.17) is 21.5 Å². The zero-order chi connectivity index (χ0) is 21.7. The van der Waals surface area contributed by atoms with Crippen LogP contribution in [-0.2, 0) is 10.0 Å². The van der Waals surface area contributed by atoms with E-state index in [1.807, 2.05) is 0 Å². The highest BCUT2D eigenvalue weighted by Crippen LogP contribution is 2.28. The van der Waals surface area contributed by atoms with Crippen LogP contribution < -0.4 is 15.4 Å². The van der Waals surface area contributed by atoms with Crippen molar-refractivity contribution in [3.8, 4) is 22.6 Å². The first-order valence-corrected chi connectivity index (χ1v) is 11.4. The fourth-order valence-electron chi connectivity index (χ4n) is 2.93. The molecule has 1 aromatic heterocycles. The third-order valence-electron chi connectivity index (χ3n) is 4.47. The molecule has 0 aliphatic rings. The first-order valence-electron chi connectivity index (χ1n) is 9.45. The molecule has 2 N–H and O–H groups in total. The van der Waals surface area contributed by atoms with E-state index in [0.717, 1.165) is 19.3 Å². The Balaban J connectivity index is 2.07. The summed E-state index contributed by atoms with van der Waals surface area (Å²) in [5.41, 5.74) is 1.15. The zero-order valence-electron chi connectivity index (χ0n) is 16.4. The number of ether oxygens (including phenoxy) is 1. The van der Waals surface area contributed by atoms with Gasteiger partial charge >= 0.3 is 5.56 Å². The highest BCUT2D eigenvalue weighted by atomic mass is 35.5. The number of nitrogens with zero attached hydrogens (tertiary/aromatic N) is 2. The van der Waals surface area contributed by atoms with Gasteiger partial charge in [-0.05, 0) is 42.3 Å². The molecule has 1 heterocycles. The number of halogens is 1. The van der Waals surface area contributed by atoms with Crippen LogP contribution >= 0.6 is 11.6 Å². The average molecular weight is 448 g/mol. The monoisotopic (exact) mass is 447 g/mol.